The van der Waals surface area contributed by atoms with E-state index in [9.17, 15) is 22.0 Å². The molecule has 0 aromatic heterocycles. The Labute approximate surface area is 170 Å². The zero-order chi connectivity index (χ0) is 21.4. The number of rotatable bonds is 10. The molecule has 29 heavy (non-hydrogen) atoms. The van der Waals surface area contributed by atoms with E-state index in [1.54, 1.807) is 24.3 Å². The Bertz CT molecular complexity index is 947. The Morgan fingerprint density at radius 1 is 1.10 bits per heavy atom. The molecule has 2 aromatic rings. The fourth-order valence-corrected chi connectivity index (χ4v) is 3.97. The topological polar surface area (TPSA) is 57.7 Å². The molecule has 0 saturated heterocycles. The second kappa shape index (κ2) is 10.3. The van der Waals surface area contributed by atoms with E-state index in [4.69, 9.17) is 0 Å². The molecule has 0 spiro atoms. The largest absolute Gasteiger partial charge is 0.335 e. The molecule has 0 aliphatic carbocycles. The number of benzene rings is 2. The molecule has 0 aliphatic heterocycles. The quantitative estimate of drug-likeness (QED) is 0.550. The van der Waals surface area contributed by atoms with Gasteiger partial charge >= 0.3 is 0 Å². The van der Waals surface area contributed by atoms with Gasteiger partial charge in [-0.15, -0.1) is 6.58 Å². The molecule has 0 bridgehead atoms. The van der Waals surface area contributed by atoms with Gasteiger partial charge in [0.1, 0.15) is 11.6 Å². The maximum Gasteiger partial charge on any atom is 0.242 e. The zero-order valence-electron chi connectivity index (χ0n) is 16.2. The van der Waals surface area contributed by atoms with Crippen LogP contribution in [0.1, 0.15) is 18.4 Å². The van der Waals surface area contributed by atoms with Crippen LogP contribution in [0.15, 0.2) is 66.1 Å². The van der Waals surface area contributed by atoms with Gasteiger partial charge in [0.15, 0.2) is 0 Å². The molecule has 0 radical (unpaired) electrons. The van der Waals surface area contributed by atoms with E-state index in [1.165, 1.54) is 30.1 Å². The first-order valence-electron chi connectivity index (χ1n) is 9.09. The standard InChI is InChI=1S/C21H24F2N2O3S/c1-3-14-25(16-17-7-4-5-8-20(17)23)21(26)9-6-15-24(2)29(27,28)19-12-10-18(22)11-13-19/h3-5,7-8,10-13H,1,6,9,14-16H2,2H3. The van der Waals surface area contributed by atoms with Crippen molar-refractivity contribution >= 4 is 15.9 Å². The van der Waals surface area contributed by atoms with Gasteiger partial charge in [0, 0.05) is 38.7 Å². The average Bonchev–Trinajstić information content (AvgIpc) is 2.69. The van der Waals surface area contributed by atoms with Gasteiger partial charge in [-0.05, 0) is 36.8 Å². The highest BCUT2D eigenvalue weighted by atomic mass is 32.2. The number of carbonyl (C=O) groups excluding carboxylic acids is 1. The number of halogens is 2. The lowest BCUT2D eigenvalue weighted by molar-refractivity contribution is -0.131. The summed E-state index contributed by atoms with van der Waals surface area (Å²) in [4.78, 5) is 14.0. The number of sulfonamides is 1. The Kier molecular flexibility index (Phi) is 8.04. The Balaban J connectivity index is 1.94. The first-order chi connectivity index (χ1) is 13.8. The summed E-state index contributed by atoms with van der Waals surface area (Å²) in [6.07, 6.45) is 1.95. The molecule has 0 N–H and O–H groups in total. The van der Waals surface area contributed by atoms with Crippen LogP contribution in [0, 0.1) is 11.6 Å². The van der Waals surface area contributed by atoms with Crippen molar-refractivity contribution in [2.75, 3.05) is 20.1 Å². The number of carbonyl (C=O) groups is 1. The molecule has 0 atom stereocenters. The summed E-state index contributed by atoms with van der Waals surface area (Å²) in [6, 6.07) is 10.8. The molecule has 0 aliphatic rings. The summed E-state index contributed by atoms with van der Waals surface area (Å²) in [6.45, 7) is 4.12. The van der Waals surface area contributed by atoms with E-state index in [-0.39, 0.29) is 42.7 Å². The lowest BCUT2D eigenvalue weighted by Crippen LogP contribution is -2.32. The molecule has 0 saturated carbocycles. The summed E-state index contributed by atoms with van der Waals surface area (Å²) in [5.41, 5.74) is 0.402. The highest BCUT2D eigenvalue weighted by molar-refractivity contribution is 7.89. The van der Waals surface area contributed by atoms with Crippen molar-refractivity contribution in [2.45, 2.75) is 24.3 Å². The Morgan fingerprint density at radius 2 is 1.76 bits per heavy atom. The van der Waals surface area contributed by atoms with Crippen molar-refractivity contribution in [2.24, 2.45) is 0 Å². The molecule has 0 heterocycles. The van der Waals surface area contributed by atoms with Crippen LogP contribution in [0.4, 0.5) is 8.78 Å². The van der Waals surface area contributed by atoms with Crippen LogP contribution in [0.25, 0.3) is 0 Å². The summed E-state index contributed by atoms with van der Waals surface area (Å²) < 4.78 is 53.0. The number of amides is 1. The molecular weight excluding hydrogens is 398 g/mol. The predicted molar refractivity (Wildman–Crippen MR) is 107 cm³/mol. The highest BCUT2D eigenvalue weighted by Crippen LogP contribution is 2.16. The Morgan fingerprint density at radius 3 is 2.38 bits per heavy atom. The molecule has 8 heteroatoms. The number of hydrogen-bond donors (Lipinski definition) is 0. The molecule has 5 nitrogen and oxygen atoms in total. The van der Waals surface area contributed by atoms with E-state index in [1.807, 2.05) is 0 Å². The van der Waals surface area contributed by atoms with E-state index in [0.29, 0.717) is 12.0 Å². The number of nitrogens with zero attached hydrogens (tertiary/aromatic N) is 2. The fourth-order valence-electron chi connectivity index (χ4n) is 2.76. The van der Waals surface area contributed by atoms with Crippen molar-refractivity contribution < 1.29 is 22.0 Å². The highest BCUT2D eigenvalue weighted by Gasteiger charge is 2.21. The maximum absolute atomic E-state index is 13.9. The molecule has 0 fully saturated rings. The van der Waals surface area contributed by atoms with Crippen LogP contribution in [0.5, 0.6) is 0 Å². The summed E-state index contributed by atoms with van der Waals surface area (Å²) in [7, 11) is -2.36. The molecular formula is C21H24F2N2O3S. The third-order valence-corrected chi connectivity index (χ3v) is 6.28. The van der Waals surface area contributed by atoms with Gasteiger partial charge in [-0.1, -0.05) is 24.3 Å². The lowest BCUT2D eigenvalue weighted by Gasteiger charge is -2.22. The third kappa shape index (κ3) is 6.20. The minimum atomic E-state index is -3.76. The minimum absolute atomic E-state index is 0.0134. The molecule has 156 valence electrons. The predicted octanol–water partition coefficient (Wildman–Crippen LogP) is 3.58. The minimum Gasteiger partial charge on any atom is -0.335 e. The second-order valence-corrected chi connectivity index (χ2v) is 8.58. The SMILES string of the molecule is C=CCN(Cc1ccccc1F)C(=O)CCCN(C)S(=O)(=O)c1ccc(F)cc1. The van der Waals surface area contributed by atoms with E-state index in [2.05, 4.69) is 6.58 Å². The third-order valence-electron chi connectivity index (χ3n) is 4.41. The van der Waals surface area contributed by atoms with Gasteiger partial charge in [0.05, 0.1) is 4.90 Å². The van der Waals surface area contributed by atoms with Crippen molar-refractivity contribution in [3.63, 3.8) is 0 Å². The first-order valence-corrected chi connectivity index (χ1v) is 10.5. The van der Waals surface area contributed by atoms with E-state index >= 15 is 0 Å². The molecule has 2 aromatic carbocycles. The Hall–Kier alpha value is -2.58. The molecule has 0 unspecified atom stereocenters. The van der Waals surface area contributed by atoms with Gasteiger partial charge in [-0.2, -0.15) is 0 Å². The fraction of sp³-hybridized carbons (Fsp3) is 0.286. The van der Waals surface area contributed by atoms with Crippen LogP contribution in [0.3, 0.4) is 0 Å². The molecule has 1 amide bonds. The average molecular weight is 422 g/mol. The van der Waals surface area contributed by atoms with Crippen LogP contribution < -0.4 is 0 Å². The maximum atomic E-state index is 13.9. The summed E-state index contributed by atoms with van der Waals surface area (Å²) in [5.74, 6) is -1.13. The van der Waals surface area contributed by atoms with E-state index < -0.39 is 15.8 Å². The lowest BCUT2D eigenvalue weighted by atomic mass is 10.2. The van der Waals surface area contributed by atoms with Gasteiger partial charge in [-0.3, -0.25) is 4.79 Å². The van der Waals surface area contributed by atoms with Gasteiger partial charge in [-0.25, -0.2) is 21.5 Å². The van der Waals surface area contributed by atoms with Crippen LogP contribution in [-0.4, -0.2) is 43.7 Å². The molecule has 2 rings (SSSR count). The van der Waals surface area contributed by atoms with E-state index in [0.717, 1.165) is 16.4 Å². The van der Waals surface area contributed by atoms with Gasteiger partial charge in [0.25, 0.3) is 0 Å². The van der Waals surface area contributed by atoms with Crippen molar-refractivity contribution in [3.05, 3.63) is 78.4 Å². The van der Waals surface area contributed by atoms with Gasteiger partial charge in [0.2, 0.25) is 15.9 Å². The zero-order valence-corrected chi connectivity index (χ0v) is 17.0. The second-order valence-electron chi connectivity index (χ2n) is 6.54. The van der Waals surface area contributed by atoms with Crippen LogP contribution in [-0.2, 0) is 21.4 Å². The normalized spacial score (nSPS) is 11.4. The smallest absolute Gasteiger partial charge is 0.242 e. The summed E-state index contributed by atoms with van der Waals surface area (Å²) in [5, 5.41) is 0. The van der Waals surface area contributed by atoms with Crippen molar-refractivity contribution in [3.8, 4) is 0 Å². The monoisotopic (exact) mass is 422 g/mol. The first kappa shape index (κ1) is 22.7. The van der Waals surface area contributed by atoms with Crippen LogP contribution >= 0.6 is 0 Å². The van der Waals surface area contributed by atoms with Crippen LogP contribution in [0.2, 0.25) is 0 Å². The summed E-state index contributed by atoms with van der Waals surface area (Å²) >= 11 is 0. The van der Waals surface area contributed by atoms with Gasteiger partial charge < -0.3 is 4.90 Å². The van der Waals surface area contributed by atoms with Crippen molar-refractivity contribution in [1.82, 2.24) is 9.21 Å². The number of hydrogen-bond acceptors (Lipinski definition) is 3. The van der Waals surface area contributed by atoms with Crippen molar-refractivity contribution in [1.29, 1.82) is 0 Å².